The van der Waals surface area contributed by atoms with Crippen LogP contribution < -0.4 is 20.1 Å². The maximum atomic E-state index is 8.73. The fourth-order valence-electron chi connectivity index (χ4n) is 2.65. The summed E-state index contributed by atoms with van der Waals surface area (Å²) < 4.78 is 11.7. The zero-order valence-electron chi connectivity index (χ0n) is 16.1. The second-order valence-electron chi connectivity index (χ2n) is 6.25. The van der Waals surface area contributed by atoms with Crippen molar-refractivity contribution in [1.82, 2.24) is 10.6 Å². The SMILES string of the molecule is CCOc1cc(CNCCCNCCO)c(Cl)cc1OCc1cccc(Cl)c1. The van der Waals surface area contributed by atoms with Gasteiger partial charge >= 0.3 is 0 Å². The van der Waals surface area contributed by atoms with Crippen LogP contribution in [0.5, 0.6) is 11.5 Å². The number of aliphatic hydroxyl groups is 1. The molecule has 0 aliphatic carbocycles. The van der Waals surface area contributed by atoms with Gasteiger partial charge in [-0.3, -0.25) is 0 Å². The molecule has 0 saturated carbocycles. The quantitative estimate of drug-likeness (QED) is 0.422. The zero-order valence-corrected chi connectivity index (χ0v) is 17.7. The molecule has 0 bridgehead atoms. The zero-order chi connectivity index (χ0) is 20.2. The Morgan fingerprint density at radius 1 is 0.964 bits per heavy atom. The maximum absolute atomic E-state index is 8.73. The Kier molecular flexibility index (Phi) is 10.5. The third-order valence-corrected chi connectivity index (χ3v) is 4.59. The van der Waals surface area contributed by atoms with Crippen LogP contribution in [0.4, 0.5) is 0 Å². The molecule has 0 aromatic heterocycles. The van der Waals surface area contributed by atoms with Crippen LogP contribution >= 0.6 is 23.2 Å². The summed E-state index contributed by atoms with van der Waals surface area (Å²) >= 11 is 12.5. The van der Waals surface area contributed by atoms with E-state index in [9.17, 15) is 0 Å². The molecule has 154 valence electrons. The minimum absolute atomic E-state index is 0.162. The van der Waals surface area contributed by atoms with Crippen LogP contribution in [0.1, 0.15) is 24.5 Å². The van der Waals surface area contributed by atoms with Crippen molar-refractivity contribution < 1.29 is 14.6 Å². The van der Waals surface area contributed by atoms with Gasteiger partial charge in [-0.25, -0.2) is 0 Å². The summed E-state index contributed by atoms with van der Waals surface area (Å²) in [5.74, 6) is 1.29. The van der Waals surface area contributed by atoms with Crippen molar-refractivity contribution >= 4 is 23.2 Å². The first kappa shape index (κ1) is 22.8. The van der Waals surface area contributed by atoms with Crippen molar-refractivity contribution in [2.45, 2.75) is 26.5 Å². The van der Waals surface area contributed by atoms with E-state index in [1.165, 1.54) is 0 Å². The van der Waals surface area contributed by atoms with E-state index < -0.39 is 0 Å². The standard InChI is InChI=1S/C21H28Cl2N2O3/c1-2-27-20-12-17(14-25-8-4-7-24-9-10-26)19(23)13-21(20)28-15-16-5-3-6-18(22)11-16/h3,5-6,11-13,24-26H,2,4,7-10,14-15H2,1H3. The third-order valence-electron chi connectivity index (χ3n) is 4.01. The van der Waals surface area contributed by atoms with Gasteiger partial charge in [-0.05, 0) is 55.8 Å². The van der Waals surface area contributed by atoms with Crippen molar-refractivity contribution in [2.24, 2.45) is 0 Å². The average molecular weight is 427 g/mol. The molecule has 0 aliphatic rings. The van der Waals surface area contributed by atoms with E-state index in [1.807, 2.05) is 37.3 Å². The summed E-state index contributed by atoms with van der Waals surface area (Å²) in [5.41, 5.74) is 1.94. The predicted molar refractivity (Wildman–Crippen MR) is 115 cm³/mol. The molecule has 0 unspecified atom stereocenters. The van der Waals surface area contributed by atoms with E-state index in [1.54, 1.807) is 6.07 Å². The summed E-state index contributed by atoms with van der Waals surface area (Å²) in [6.45, 7) is 6.01. The molecule has 0 fully saturated rings. The molecule has 3 N–H and O–H groups in total. The summed E-state index contributed by atoms with van der Waals surface area (Å²) in [6, 6.07) is 11.3. The smallest absolute Gasteiger partial charge is 0.163 e. The molecule has 0 atom stereocenters. The van der Waals surface area contributed by atoms with Gasteiger partial charge in [0.2, 0.25) is 0 Å². The van der Waals surface area contributed by atoms with E-state index in [2.05, 4.69) is 10.6 Å². The first-order valence-electron chi connectivity index (χ1n) is 9.48. The summed E-state index contributed by atoms with van der Waals surface area (Å²) in [4.78, 5) is 0. The second kappa shape index (κ2) is 12.9. The van der Waals surface area contributed by atoms with Gasteiger partial charge in [-0.2, -0.15) is 0 Å². The maximum Gasteiger partial charge on any atom is 0.163 e. The lowest BCUT2D eigenvalue weighted by Gasteiger charge is -2.15. The van der Waals surface area contributed by atoms with Gasteiger partial charge in [0.15, 0.2) is 11.5 Å². The predicted octanol–water partition coefficient (Wildman–Crippen LogP) is 4.03. The third kappa shape index (κ3) is 7.86. The minimum atomic E-state index is 0.162. The minimum Gasteiger partial charge on any atom is -0.490 e. The molecule has 5 nitrogen and oxygen atoms in total. The van der Waals surface area contributed by atoms with E-state index in [0.29, 0.717) is 47.8 Å². The van der Waals surface area contributed by atoms with Crippen molar-refractivity contribution in [3.63, 3.8) is 0 Å². The topological polar surface area (TPSA) is 62.8 Å². The molecular formula is C21H28Cl2N2O3. The molecule has 0 saturated heterocycles. The fourth-order valence-corrected chi connectivity index (χ4v) is 3.08. The Morgan fingerprint density at radius 3 is 2.50 bits per heavy atom. The highest BCUT2D eigenvalue weighted by atomic mass is 35.5. The first-order valence-corrected chi connectivity index (χ1v) is 10.2. The van der Waals surface area contributed by atoms with E-state index in [-0.39, 0.29) is 6.61 Å². The largest absolute Gasteiger partial charge is 0.490 e. The van der Waals surface area contributed by atoms with Gasteiger partial charge in [-0.1, -0.05) is 35.3 Å². The van der Waals surface area contributed by atoms with Gasteiger partial charge in [0, 0.05) is 29.2 Å². The number of ether oxygens (including phenoxy) is 2. The van der Waals surface area contributed by atoms with Crippen LogP contribution in [-0.2, 0) is 13.2 Å². The molecule has 0 heterocycles. The number of hydrogen-bond acceptors (Lipinski definition) is 5. The van der Waals surface area contributed by atoms with Crippen LogP contribution in [-0.4, -0.2) is 38.0 Å². The Balaban J connectivity index is 1.94. The lowest BCUT2D eigenvalue weighted by Crippen LogP contribution is -2.24. The molecule has 2 rings (SSSR count). The fraction of sp³-hybridized carbons (Fsp3) is 0.429. The average Bonchev–Trinajstić information content (AvgIpc) is 2.68. The van der Waals surface area contributed by atoms with Gasteiger partial charge in [0.1, 0.15) is 6.61 Å². The van der Waals surface area contributed by atoms with Crippen LogP contribution in [0.2, 0.25) is 10.0 Å². The van der Waals surface area contributed by atoms with Crippen LogP contribution in [0.25, 0.3) is 0 Å². The lowest BCUT2D eigenvalue weighted by atomic mass is 10.2. The molecule has 7 heteroatoms. The number of hydrogen-bond donors (Lipinski definition) is 3. The Morgan fingerprint density at radius 2 is 1.75 bits per heavy atom. The van der Waals surface area contributed by atoms with E-state index in [4.69, 9.17) is 37.8 Å². The molecule has 2 aromatic rings. The number of aliphatic hydroxyl groups excluding tert-OH is 1. The molecule has 0 spiro atoms. The lowest BCUT2D eigenvalue weighted by molar-refractivity contribution is 0.269. The summed E-state index contributed by atoms with van der Waals surface area (Å²) in [7, 11) is 0. The van der Waals surface area contributed by atoms with Crippen LogP contribution in [0.3, 0.4) is 0 Å². The monoisotopic (exact) mass is 426 g/mol. The van der Waals surface area contributed by atoms with Crippen molar-refractivity contribution in [2.75, 3.05) is 32.8 Å². The van der Waals surface area contributed by atoms with Crippen molar-refractivity contribution in [3.8, 4) is 11.5 Å². The second-order valence-corrected chi connectivity index (χ2v) is 7.09. The normalized spacial score (nSPS) is 10.9. The Bertz CT molecular complexity index is 729. The molecule has 28 heavy (non-hydrogen) atoms. The van der Waals surface area contributed by atoms with Gasteiger partial charge in [-0.15, -0.1) is 0 Å². The number of nitrogens with one attached hydrogen (secondary N) is 2. The highest BCUT2D eigenvalue weighted by Crippen LogP contribution is 2.34. The molecule has 0 amide bonds. The first-order chi connectivity index (χ1) is 13.6. The van der Waals surface area contributed by atoms with E-state index >= 15 is 0 Å². The Labute approximate surface area is 177 Å². The number of rotatable bonds is 13. The van der Waals surface area contributed by atoms with Crippen LogP contribution in [0.15, 0.2) is 36.4 Å². The summed E-state index contributed by atoms with van der Waals surface area (Å²) in [6.07, 6.45) is 0.969. The number of halogens is 2. The molecule has 0 radical (unpaired) electrons. The van der Waals surface area contributed by atoms with Crippen molar-refractivity contribution in [1.29, 1.82) is 0 Å². The molecule has 0 aliphatic heterocycles. The molecular weight excluding hydrogens is 399 g/mol. The highest BCUT2D eigenvalue weighted by molar-refractivity contribution is 6.31. The van der Waals surface area contributed by atoms with Gasteiger partial charge in [0.25, 0.3) is 0 Å². The summed E-state index contributed by atoms with van der Waals surface area (Å²) in [5, 5.41) is 16.6. The highest BCUT2D eigenvalue weighted by Gasteiger charge is 2.11. The van der Waals surface area contributed by atoms with E-state index in [0.717, 1.165) is 30.6 Å². The number of benzene rings is 2. The van der Waals surface area contributed by atoms with Gasteiger partial charge in [0.05, 0.1) is 13.2 Å². The molecule has 2 aromatic carbocycles. The van der Waals surface area contributed by atoms with Gasteiger partial charge < -0.3 is 25.2 Å². The van der Waals surface area contributed by atoms with Crippen LogP contribution in [0, 0.1) is 0 Å². The Hall–Kier alpha value is -1.50. The van der Waals surface area contributed by atoms with Crippen molar-refractivity contribution in [3.05, 3.63) is 57.6 Å².